The molecule has 4 aromatic rings. The fourth-order valence-corrected chi connectivity index (χ4v) is 3.65. The van der Waals surface area contributed by atoms with Crippen LogP contribution in [0.5, 0.6) is 5.75 Å². The summed E-state index contributed by atoms with van der Waals surface area (Å²) in [5, 5.41) is 4.40. The van der Waals surface area contributed by atoms with E-state index in [0.717, 1.165) is 44.9 Å². The molecule has 0 atom stereocenters. The predicted molar refractivity (Wildman–Crippen MR) is 127 cm³/mol. The smallest absolute Gasteiger partial charge is 0.144 e. The highest BCUT2D eigenvalue weighted by atomic mass is 16.5. The Balaban J connectivity index is 0.00000231. The number of nitrogens with one attached hydrogen (secondary N) is 2. The zero-order valence-corrected chi connectivity index (χ0v) is 16.6. The summed E-state index contributed by atoms with van der Waals surface area (Å²) in [6, 6.07) is 16.4. The largest absolute Gasteiger partial charge is 0.492 e. The van der Waals surface area contributed by atoms with Gasteiger partial charge in [0.2, 0.25) is 0 Å². The lowest BCUT2D eigenvalue weighted by Crippen LogP contribution is -2.02. The quantitative estimate of drug-likeness (QED) is 0.423. The number of aliphatic imine (C=N–C) groups is 1. The average Bonchev–Trinajstić information content (AvgIpc) is 3.46. The van der Waals surface area contributed by atoms with Gasteiger partial charge in [0, 0.05) is 11.8 Å². The van der Waals surface area contributed by atoms with Crippen LogP contribution in [0.25, 0.3) is 22.2 Å². The number of anilines is 2. The van der Waals surface area contributed by atoms with Gasteiger partial charge >= 0.3 is 0 Å². The third-order valence-corrected chi connectivity index (χ3v) is 5.03. The Hall–Kier alpha value is -3.93. The van der Waals surface area contributed by atoms with Crippen LogP contribution in [0.15, 0.2) is 78.2 Å². The first-order valence-corrected chi connectivity index (χ1v) is 9.96. The Bertz CT molecular complexity index is 1260. The molecule has 0 fully saturated rings. The number of hydrogen-bond acceptors (Lipinski definition) is 5. The van der Waals surface area contributed by atoms with Crippen molar-refractivity contribution in [2.24, 2.45) is 4.99 Å². The molecular formula is C25H25N5O. The van der Waals surface area contributed by atoms with Crippen molar-refractivity contribution in [3.63, 3.8) is 0 Å². The summed E-state index contributed by atoms with van der Waals surface area (Å²) in [6.45, 7) is 3.26. The molecule has 31 heavy (non-hydrogen) atoms. The number of H-pyrrole nitrogens is 1. The summed E-state index contributed by atoms with van der Waals surface area (Å²) in [6.07, 6.45) is 7.56. The molecule has 6 heteroatoms. The van der Waals surface area contributed by atoms with E-state index in [1.807, 2.05) is 49.5 Å². The van der Waals surface area contributed by atoms with E-state index in [0.29, 0.717) is 19.0 Å². The number of fused-ring (bicyclic) bond motifs is 1. The number of hydrogen-bond donors (Lipinski definition) is 2. The maximum Gasteiger partial charge on any atom is 0.144 e. The number of aromatic nitrogens is 3. The van der Waals surface area contributed by atoms with Crippen molar-refractivity contribution >= 4 is 28.3 Å². The van der Waals surface area contributed by atoms with Gasteiger partial charge in [0.1, 0.15) is 23.5 Å². The summed E-state index contributed by atoms with van der Waals surface area (Å²) in [5.74, 6) is 1.49. The molecule has 0 saturated carbocycles. The molecule has 0 amide bonds. The molecule has 6 nitrogen and oxygen atoms in total. The van der Waals surface area contributed by atoms with Gasteiger partial charge in [-0.15, -0.1) is 0 Å². The monoisotopic (exact) mass is 411 g/mol. The molecule has 0 bridgehead atoms. The topological polar surface area (TPSA) is 75.2 Å². The molecule has 5 rings (SSSR count). The fraction of sp³-hybridized carbons (Fsp3) is 0.160. The lowest BCUT2D eigenvalue weighted by Gasteiger charge is -2.15. The molecule has 2 aromatic carbocycles. The highest BCUT2D eigenvalue weighted by Gasteiger charge is 2.17. The summed E-state index contributed by atoms with van der Waals surface area (Å²) >= 11 is 0. The van der Waals surface area contributed by atoms with Gasteiger partial charge in [-0.05, 0) is 36.3 Å². The fourth-order valence-electron chi connectivity index (χ4n) is 3.65. The number of benzene rings is 2. The zero-order valence-electron chi connectivity index (χ0n) is 16.6. The van der Waals surface area contributed by atoms with Gasteiger partial charge < -0.3 is 15.0 Å². The highest BCUT2D eigenvalue weighted by Crippen LogP contribution is 2.35. The Morgan fingerprint density at radius 3 is 2.71 bits per heavy atom. The van der Waals surface area contributed by atoms with E-state index in [1.165, 1.54) is 0 Å². The number of aromatic amines is 1. The lowest BCUT2D eigenvalue weighted by molar-refractivity contribution is 0.342. The van der Waals surface area contributed by atoms with Gasteiger partial charge in [0.15, 0.2) is 0 Å². The number of nitrogens with zero attached hydrogens (tertiary/aromatic N) is 3. The number of allylic oxidation sites excluding steroid dienone is 1. The van der Waals surface area contributed by atoms with E-state index in [9.17, 15) is 0 Å². The first-order valence-electron chi connectivity index (χ1n) is 9.96. The summed E-state index contributed by atoms with van der Waals surface area (Å²) < 4.78 is 5.88. The first-order chi connectivity index (χ1) is 14.8. The van der Waals surface area contributed by atoms with Crippen LogP contribution in [0.3, 0.4) is 0 Å². The summed E-state index contributed by atoms with van der Waals surface area (Å²) in [5.41, 5.74) is 5.78. The number of rotatable bonds is 6. The second-order valence-corrected chi connectivity index (χ2v) is 6.91. The van der Waals surface area contributed by atoms with Gasteiger partial charge in [-0.1, -0.05) is 49.9 Å². The van der Waals surface area contributed by atoms with Crippen LogP contribution in [0, 0.1) is 0 Å². The molecule has 0 saturated heterocycles. The van der Waals surface area contributed by atoms with Crippen LogP contribution < -0.4 is 10.1 Å². The van der Waals surface area contributed by atoms with Crippen LogP contribution >= 0.6 is 0 Å². The van der Waals surface area contributed by atoms with E-state index < -0.39 is 0 Å². The Labute approximate surface area is 181 Å². The molecule has 0 radical (unpaired) electrons. The second-order valence-electron chi connectivity index (χ2n) is 6.91. The van der Waals surface area contributed by atoms with Gasteiger partial charge in [-0.25, -0.2) is 9.97 Å². The molecule has 2 N–H and O–H groups in total. The molecule has 1 aliphatic heterocycles. The van der Waals surface area contributed by atoms with Crippen molar-refractivity contribution < 1.29 is 4.74 Å². The van der Waals surface area contributed by atoms with E-state index in [2.05, 4.69) is 49.5 Å². The minimum absolute atomic E-state index is 0. The summed E-state index contributed by atoms with van der Waals surface area (Å²) in [7, 11) is 0. The van der Waals surface area contributed by atoms with E-state index in [-0.39, 0.29) is 7.43 Å². The Kier molecular flexibility index (Phi) is 5.80. The second kappa shape index (κ2) is 8.83. The van der Waals surface area contributed by atoms with E-state index >= 15 is 0 Å². The molecule has 2 aromatic heterocycles. The van der Waals surface area contributed by atoms with Gasteiger partial charge in [0.05, 0.1) is 29.9 Å². The third kappa shape index (κ3) is 3.92. The molecule has 0 aliphatic carbocycles. The van der Waals surface area contributed by atoms with Gasteiger partial charge in [0.25, 0.3) is 0 Å². The van der Waals surface area contributed by atoms with Crippen LogP contribution in [-0.2, 0) is 0 Å². The third-order valence-electron chi connectivity index (χ3n) is 5.03. The first kappa shape index (κ1) is 20.3. The van der Waals surface area contributed by atoms with Gasteiger partial charge in [-0.3, -0.25) is 4.99 Å². The van der Waals surface area contributed by atoms with Crippen LogP contribution in [-0.4, -0.2) is 33.8 Å². The van der Waals surface area contributed by atoms with Crippen molar-refractivity contribution in [3.05, 3.63) is 78.8 Å². The lowest BCUT2D eigenvalue weighted by atomic mass is 10.0. The normalized spacial score (nSPS) is 12.5. The zero-order chi connectivity index (χ0) is 20.3. The summed E-state index contributed by atoms with van der Waals surface area (Å²) in [4.78, 5) is 16.7. The molecule has 0 spiro atoms. The van der Waals surface area contributed by atoms with Crippen LogP contribution in [0.1, 0.15) is 19.9 Å². The van der Waals surface area contributed by atoms with E-state index in [4.69, 9.17) is 4.74 Å². The Morgan fingerprint density at radius 1 is 1.06 bits per heavy atom. The number of ether oxygens (including phenoxy) is 1. The molecule has 0 unspecified atom stereocenters. The highest BCUT2D eigenvalue weighted by molar-refractivity contribution is 6.19. The minimum atomic E-state index is 0. The van der Waals surface area contributed by atoms with Gasteiger partial charge in [-0.2, -0.15) is 0 Å². The molecule has 156 valence electrons. The SMILES string of the molecule is C.CCOc1ccc(-c2ccccc2)cc1Nc1ncnc2[nH]cc(C3=NCC=C3)c12. The van der Waals surface area contributed by atoms with Crippen LogP contribution in [0.4, 0.5) is 11.5 Å². The minimum Gasteiger partial charge on any atom is -0.492 e. The molecule has 3 heterocycles. The predicted octanol–water partition coefficient (Wildman–Crippen LogP) is 5.76. The maximum atomic E-state index is 5.88. The van der Waals surface area contributed by atoms with E-state index in [1.54, 1.807) is 6.33 Å². The van der Waals surface area contributed by atoms with Crippen molar-refractivity contribution in [3.8, 4) is 16.9 Å². The van der Waals surface area contributed by atoms with Crippen molar-refractivity contribution in [1.29, 1.82) is 0 Å². The standard InChI is InChI=1S/C24H21N5O.CH4/c1-2-30-21-11-10-17(16-7-4-3-5-8-16)13-20(21)29-24-22-18(19-9-6-12-25-19)14-26-23(22)27-15-28-24;/h3-11,13-15H,2,12H2,1H3,(H2,26,27,28,29);1H4. The van der Waals surface area contributed by atoms with Crippen LogP contribution in [0.2, 0.25) is 0 Å². The molecule has 1 aliphatic rings. The van der Waals surface area contributed by atoms with Crippen molar-refractivity contribution in [1.82, 2.24) is 15.0 Å². The molecular weight excluding hydrogens is 386 g/mol. The van der Waals surface area contributed by atoms with Crippen molar-refractivity contribution in [2.45, 2.75) is 14.4 Å². The Morgan fingerprint density at radius 2 is 1.94 bits per heavy atom. The maximum absolute atomic E-state index is 5.88. The van der Waals surface area contributed by atoms with Crippen molar-refractivity contribution in [2.75, 3.05) is 18.5 Å². The average molecular weight is 412 g/mol.